The van der Waals surface area contributed by atoms with Gasteiger partial charge in [-0.2, -0.15) is 0 Å². The van der Waals surface area contributed by atoms with Gasteiger partial charge in [0, 0.05) is 0 Å². The topological polar surface area (TPSA) is 112 Å². The molecule has 0 saturated carbocycles. The van der Waals surface area contributed by atoms with Crippen LogP contribution in [-0.4, -0.2) is 33.9 Å². The Kier molecular flexibility index (Phi) is 1.41. The van der Waals surface area contributed by atoms with Gasteiger partial charge in [-0.3, -0.25) is 0 Å². The van der Waals surface area contributed by atoms with Crippen molar-refractivity contribution in [1.29, 1.82) is 0 Å². The van der Waals surface area contributed by atoms with Crippen LogP contribution in [0.5, 0.6) is 0 Å². The molecule has 1 aliphatic rings. The van der Waals surface area contributed by atoms with Gasteiger partial charge in [0.15, 0.2) is 0 Å². The highest BCUT2D eigenvalue weighted by atomic mass is 16.4. The summed E-state index contributed by atoms with van der Waals surface area (Å²) in [6, 6.07) is 0. The second-order valence-corrected chi connectivity index (χ2v) is 1.81. The van der Waals surface area contributed by atoms with Gasteiger partial charge in [-0.1, -0.05) is 0 Å². The lowest BCUT2D eigenvalue weighted by Gasteiger charge is -2.07. The van der Waals surface area contributed by atoms with Gasteiger partial charge >= 0.3 is 17.5 Å². The third-order valence-corrected chi connectivity index (χ3v) is 1.15. The van der Waals surface area contributed by atoms with Crippen molar-refractivity contribution >= 4 is 18.2 Å². The lowest BCUT2D eigenvalue weighted by atomic mass is 10.0. The largest absolute Gasteiger partial charge is 0.479 e. The average Bonchev–Trinajstić information content (AvgIpc) is 2.34. The van der Waals surface area contributed by atoms with Crippen molar-refractivity contribution < 1.29 is 19.8 Å². The van der Waals surface area contributed by atoms with E-state index in [9.17, 15) is 9.59 Å². The Morgan fingerprint density at radius 2 is 1.82 bits per heavy atom. The summed E-state index contributed by atoms with van der Waals surface area (Å²) in [6.45, 7) is 0. The van der Waals surface area contributed by atoms with Crippen LogP contribution < -0.4 is 0 Å². The molecule has 0 fully saturated rings. The molecule has 0 aromatic heterocycles. The summed E-state index contributed by atoms with van der Waals surface area (Å²) in [5, 5.41) is 25.7. The third-order valence-electron chi connectivity index (χ3n) is 1.15. The molecule has 1 heterocycles. The van der Waals surface area contributed by atoms with E-state index in [4.69, 9.17) is 10.2 Å². The number of hydrogen-bond donors (Lipinski definition) is 2. The number of nitrogens with zero attached hydrogens (tertiary/aromatic N) is 3. The fourth-order valence-electron chi connectivity index (χ4n) is 0.519. The van der Waals surface area contributed by atoms with Gasteiger partial charge in [-0.05, 0) is 5.22 Å². The molecule has 1 rings (SSSR count). The summed E-state index contributed by atoms with van der Waals surface area (Å²) in [5.74, 6) is -3.20. The van der Waals surface area contributed by atoms with E-state index >= 15 is 0 Å². The first-order valence-electron chi connectivity index (χ1n) is 2.53. The van der Waals surface area contributed by atoms with Crippen molar-refractivity contribution in [1.82, 2.24) is 0 Å². The molecule has 11 heavy (non-hydrogen) atoms. The molecule has 0 bridgehead atoms. The van der Waals surface area contributed by atoms with E-state index in [-0.39, 0.29) is 0 Å². The first-order chi connectivity index (χ1) is 5.09. The molecule has 0 spiro atoms. The Balaban J connectivity index is 3.09. The molecule has 2 N–H and O–H groups in total. The highest BCUT2D eigenvalue weighted by Crippen LogP contribution is 2.14. The summed E-state index contributed by atoms with van der Waals surface area (Å²) >= 11 is 0. The molecular formula is C4H3N3O4. The number of carboxylic acids is 2. The number of rotatable bonds is 2. The van der Waals surface area contributed by atoms with Gasteiger partial charge < -0.3 is 10.2 Å². The Morgan fingerprint density at radius 3 is 2.00 bits per heavy atom. The predicted molar refractivity (Wildman–Crippen MR) is 31.4 cm³/mol. The van der Waals surface area contributed by atoms with Crippen molar-refractivity contribution in [3.05, 3.63) is 0 Å². The molecule has 0 aliphatic carbocycles. The second kappa shape index (κ2) is 2.11. The van der Waals surface area contributed by atoms with E-state index in [1.165, 1.54) is 0 Å². The molecule has 1 aliphatic heterocycles. The van der Waals surface area contributed by atoms with Crippen LogP contribution in [0.3, 0.4) is 0 Å². The zero-order chi connectivity index (χ0) is 8.48. The highest BCUT2D eigenvalue weighted by Gasteiger charge is 2.48. The molecule has 58 valence electrons. The van der Waals surface area contributed by atoms with Crippen LogP contribution in [-0.2, 0) is 9.59 Å². The monoisotopic (exact) mass is 157 g/mol. The maximum absolute atomic E-state index is 10.3. The van der Waals surface area contributed by atoms with E-state index in [0.29, 0.717) is 6.21 Å². The third kappa shape index (κ3) is 0.858. The minimum absolute atomic E-state index is 0.664. The summed E-state index contributed by atoms with van der Waals surface area (Å²) in [6.07, 6.45) is 0.664. The summed E-state index contributed by atoms with van der Waals surface area (Å²) < 4.78 is 0. The fraction of sp³-hybridized carbons (Fsp3) is 0.250. The quantitative estimate of drug-likeness (QED) is 0.518. The van der Waals surface area contributed by atoms with Crippen molar-refractivity contribution in [2.75, 3.05) is 0 Å². The van der Waals surface area contributed by atoms with Crippen LogP contribution in [0.4, 0.5) is 0 Å². The summed E-state index contributed by atoms with van der Waals surface area (Å²) in [5.41, 5.74) is -2.31. The first kappa shape index (κ1) is 7.32. The number of aliphatic carboxylic acids is 2. The molecule has 7 nitrogen and oxygen atoms in total. The fourth-order valence-corrected chi connectivity index (χ4v) is 0.519. The normalized spacial score (nSPS) is 18.5. The van der Waals surface area contributed by atoms with Crippen molar-refractivity contribution in [2.45, 2.75) is 5.54 Å². The number of carbonyl (C=O) groups is 2. The van der Waals surface area contributed by atoms with E-state index in [0.717, 1.165) is 0 Å². The van der Waals surface area contributed by atoms with Gasteiger partial charge in [-0.25, -0.2) is 9.59 Å². The van der Waals surface area contributed by atoms with Crippen molar-refractivity contribution in [2.24, 2.45) is 15.4 Å². The van der Waals surface area contributed by atoms with Crippen LogP contribution >= 0.6 is 0 Å². The molecule has 0 unspecified atom stereocenters. The zero-order valence-electron chi connectivity index (χ0n) is 5.13. The maximum Gasteiger partial charge on any atom is 0.351 e. The van der Waals surface area contributed by atoms with Crippen molar-refractivity contribution in [3.8, 4) is 0 Å². The van der Waals surface area contributed by atoms with E-state index < -0.39 is 17.5 Å². The predicted octanol–water partition coefficient (Wildman–Crippen LogP) is -0.654. The van der Waals surface area contributed by atoms with E-state index in [2.05, 4.69) is 15.4 Å². The Morgan fingerprint density at radius 1 is 1.27 bits per heavy atom. The molecule has 0 aromatic rings. The first-order valence-corrected chi connectivity index (χ1v) is 2.53. The molecule has 0 aromatic carbocycles. The van der Waals surface area contributed by atoms with Gasteiger partial charge in [0.25, 0.3) is 0 Å². The van der Waals surface area contributed by atoms with Gasteiger partial charge in [0.1, 0.15) is 0 Å². The Bertz CT molecular complexity index is 241. The van der Waals surface area contributed by atoms with Crippen LogP contribution in [0.1, 0.15) is 0 Å². The maximum atomic E-state index is 10.3. The molecule has 0 saturated heterocycles. The lowest BCUT2D eigenvalue weighted by molar-refractivity contribution is -0.152. The molecular weight excluding hydrogens is 154 g/mol. The van der Waals surface area contributed by atoms with Crippen LogP contribution in [0.2, 0.25) is 0 Å². The molecule has 0 radical (unpaired) electrons. The average molecular weight is 157 g/mol. The highest BCUT2D eigenvalue weighted by molar-refractivity contribution is 6.19. The van der Waals surface area contributed by atoms with Crippen LogP contribution in [0.15, 0.2) is 15.4 Å². The van der Waals surface area contributed by atoms with E-state index in [1.54, 1.807) is 0 Å². The molecule has 7 heteroatoms. The number of carboxylic acid groups (broad SMARTS) is 2. The SMILES string of the molecule is O=C(O)C1(C(=O)O)C=NN=N1. The smallest absolute Gasteiger partial charge is 0.351 e. The standard InChI is InChI=1S/C4H3N3O4/c8-2(9)4(3(10)11)1-5-7-6-4/h1H,(H,8,9)(H,10,11). The van der Waals surface area contributed by atoms with Gasteiger partial charge in [0.05, 0.1) is 6.21 Å². The molecule has 0 amide bonds. The van der Waals surface area contributed by atoms with Gasteiger partial charge in [-0.15, -0.1) is 10.2 Å². The Hall–Kier alpha value is -1.79. The Labute approximate surface area is 60.1 Å². The van der Waals surface area contributed by atoms with Crippen molar-refractivity contribution in [3.63, 3.8) is 0 Å². The van der Waals surface area contributed by atoms with Crippen LogP contribution in [0.25, 0.3) is 0 Å². The summed E-state index contributed by atoms with van der Waals surface area (Å²) in [4.78, 5) is 20.7. The molecule has 0 atom stereocenters. The lowest BCUT2D eigenvalue weighted by Crippen LogP contribution is -2.44. The zero-order valence-corrected chi connectivity index (χ0v) is 5.13. The van der Waals surface area contributed by atoms with E-state index in [1.807, 2.05) is 0 Å². The van der Waals surface area contributed by atoms with Gasteiger partial charge in [0.2, 0.25) is 0 Å². The number of hydrogen-bond acceptors (Lipinski definition) is 5. The minimum atomic E-state index is -2.31. The van der Waals surface area contributed by atoms with Crippen LogP contribution in [0, 0.1) is 0 Å². The summed E-state index contributed by atoms with van der Waals surface area (Å²) in [7, 11) is 0. The minimum Gasteiger partial charge on any atom is -0.479 e. The second-order valence-electron chi connectivity index (χ2n) is 1.81.